The summed E-state index contributed by atoms with van der Waals surface area (Å²) in [6.07, 6.45) is 6.55. The summed E-state index contributed by atoms with van der Waals surface area (Å²) >= 11 is 0. The summed E-state index contributed by atoms with van der Waals surface area (Å²) in [4.78, 5) is 22.3. The minimum atomic E-state index is -4.14. The molecule has 4 aliphatic carbocycles. The molecule has 0 radical (unpaired) electrons. The molecule has 3 fully saturated rings. The van der Waals surface area contributed by atoms with Crippen molar-refractivity contribution in [1.29, 1.82) is 0 Å². The van der Waals surface area contributed by atoms with Gasteiger partial charge in [-0.15, -0.1) is 0 Å². The number of phosphoric ester groups is 1. The Bertz CT molecular complexity index is 903. The smallest absolute Gasteiger partial charge is 0.390 e. The molecule has 3 unspecified atom stereocenters. The highest BCUT2D eigenvalue weighted by molar-refractivity contribution is 7.47. The summed E-state index contributed by atoms with van der Waals surface area (Å²) in [6, 6.07) is 0. The van der Waals surface area contributed by atoms with Crippen LogP contribution in [0.15, 0.2) is 23.3 Å². The van der Waals surface area contributed by atoms with Gasteiger partial charge in [0.15, 0.2) is 11.4 Å². The van der Waals surface area contributed by atoms with Gasteiger partial charge in [0.25, 0.3) is 0 Å². The fraction of sp³-hybridized carbons (Fsp3) is 0.783. The van der Waals surface area contributed by atoms with Crippen molar-refractivity contribution in [2.45, 2.75) is 77.1 Å². The van der Waals surface area contributed by atoms with Crippen molar-refractivity contribution in [2.24, 2.45) is 28.4 Å². The molecule has 9 heteroatoms. The maximum absolute atomic E-state index is 12.4. The van der Waals surface area contributed by atoms with E-state index in [1.165, 1.54) is 18.1 Å². The third-order valence-corrected chi connectivity index (χ3v) is 10.0. The molecule has 0 amide bonds. The normalized spacial score (nSPS) is 45.1. The van der Waals surface area contributed by atoms with Crippen molar-refractivity contribution in [2.75, 3.05) is 13.2 Å². The molecule has 0 aromatic heterocycles. The van der Waals surface area contributed by atoms with Crippen molar-refractivity contribution in [1.82, 2.24) is 0 Å². The topological polar surface area (TPSA) is 139 Å². The second kappa shape index (κ2) is 8.12. The number of nitrogens with two attached hydrogens (primary N) is 1. The maximum Gasteiger partial charge on any atom is 0.472 e. The minimum absolute atomic E-state index is 0.0340. The first-order valence-corrected chi connectivity index (χ1v) is 13.1. The summed E-state index contributed by atoms with van der Waals surface area (Å²) in [5, 5.41) is 22.0. The minimum Gasteiger partial charge on any atom is -0.390 e. The number of carbonyl (C=O) groups excluding carboxylic acids is 1. The Morgan fingerprint density at radius 1 is 1.25 bits per heavy atom. The Labute approximate surface area is 189 Å². The van der Waals surface area contributed by atoms with Crippen LogP contribution < -0.4 is 5.73 Å². The zero-order valence-electron chi connectivity index (χ0n) is 19.1. The number of Topliss-reactive ketones (excluding diaryl/α,β-unsaturated/α-hetero) is 1. The average Bonchev–Trinajstić information content (AvgIpc) is 2.94. The first kappa shape index (κ1) is 24.3. The molecule has 5 N–H and O–H groups in total. The Balaban J connectivity index is 1.59. The number of ketones is 1. The van der Waals surface area contributed by atoms with Crippen molar-refractivity contribution in [3.8, 4) is 0 Å². The van der Waals surface area contributed by atoms with Crippen LogP contribution in [0.1, 0.15) is 59.3 Å². The SMILES string of the molecule is CC(=O)[C@@]1(O)C(O)C[C@H]2C3=CC=C4CC(OP(=O)(O)OCCN)CC[C@]4(C)[C@H]3CC[C@@]21C. The third kappa shape index (κ3) is 3.50. The molecule has 0 aromatic carbocycles. The number of hydrogen-bond acceptors (Lipinski definition) is 7. The summed E-state index contributed by atoms with van der Waals surface area (Å²) < 4.78 is 22.5. The lowest BCUT2D eigenvalue weighted by molar-refractivity contribution is -0.165. The lowest BCUT2D eigenvalue weighted by atomic mass is 9.50. The quantitative estimate of drug-likeness (QED) is 0.436. The van der Waals surface area contributed by atoms with Crippen molar-refractivity contribution in [3.05, 3.63) is 23.3 Å². The van der Waals surface area contributed by atoms with Gasteiger partial charge in [0.05, 0.1) is 18.8 Å². The van der Waals surface area contributed by atoms with Crippen LogP contribution in [0.2, 0.25) is 0 Å². The number of rotatable bonds is 6. The predicted octanol–water partition coefficient (Wildman–Crippen LogP) is 2.62. The summed E-state index contributed by atoms with van der Waals surface area (Å²) in [6.45, 7) is 5.66. The number of hydrogen-bond donors (Lipinski definition) is 4. The Morgan fingerprint density at radius 3 is 2.62 bits per heavy atom. The van der Waals surface area contributed by atoms with Crippen LogP contribution in [0.25, 0.3) is 0 Å². The molecular weight excluding hydrogens is 433 g/mol. The number of fused-ring (bicyclic) bond motifs is 5. The van der Waals surface area contributed by atoms with E-state index in [9.17, 15) is 24.5 Å². The van der Waals surface area contributed by atoms with Gasteiger partial charge in [-0.1, -0.05) is 37.1 Å². The molecule has 32 heavy (non-hydrogen) atoms. The van der Waals surface area contributed by atoms with E-state index in [0.717, 1.165) is 12.8 Å². The predicted molar refractivity (Wildman–Crippen MR) is 118 cm³/mol. The Hall–Kier alpha value is -0.860. The van der Waals surface area contributed by atoms with Gasteiger partial charge in [0.2, 0.25) is 0 Å². The molecule has 0 aliphatic heterocycles. The van der Waals surface area contributed by atoms with Gasteiger partial charge < -0.3 is 20.8 Å². The van der Waals surface area contributed by atoms with E-state index in [4.69, 9.17) is 14.8 Å². The lowest BCUT2D eigenvalue weighted by Crippen LogP contribution is -2.58. The van der Waals surface area contributed by atoms with E-state index in [1.807, 2.05) is 6.92 Å². The van der Waals surface area contributed by atoms with Gasteiger partial charge in [0, 0.05) is 12.0 Å². The first-order valence-electron chi connectivity index (χ1n) is 11.6. The maximum atomic E-state index is 12.4. The molecule has 8 nitrogen and oxygen atoms in total. The number of allylic oxidation sites excluding steroid dienone is 3. The van der Waals surface area contributed by atoms with E-state index in [-0.39, 0.29) is 36.2 Å². The van der Waals surface area contributed by atoms with Crippen molar-refractivity contribution >= 4 is 13.6 Å². The van der Waals surface area contributed by atoms with Gasteiger partial charge in [0.1, 0.15) is 0 Å². The molecule has 4 rings (SSSR count). The number of aliphatic hydroxyl groups excluding tert-OH is 1. The molecule has 180 valence electrons. The second-order valence-electron chi connectivity index (χ2n) is 10.5. The highest BCUT2D eigenvalue weighted by Crippen LogP contribution is 2.66. The molecule has 0 bridgehead atoms. The van der Waals surface area contributed by atoms with Gasteiger partial charge in [-0.2, -0.15) is 0 Å². The van der Waals surface area contributed by atoms with Crippen LogP contribution >= 0.6 is 7.82 Å². The highest BCUT2D eigenvalue weighted by Gasteiger charge is 2.67. The highest BCUT2D eigenvalue weighted by atomic mass is 31.2. The molecule has 0 heterocycles. The fourth-order valence-electron chi connectivity index (χ4n) is 7.11. The van der Waals surface area contributed by atoms with Crippen molar-refractivity contribution in [3.63, 3.8) is 0 Å². The summed E-state index contributed by atoms with van der Waals surface area (Å²) in [7, 11) is -4.14. The van der Waals surface area contributed by atoms with Crippen LogP contribution in [-0.4, -0.2) is 51.9 Å². The van der Waals surface area contributed by atoms with Gasteiger partial charge in [-0.25, -0.2) is 4.57 Å². The zero-order valence-corrected chi connectivity index (χ0v) is 20.0. The van der Waals surface area contributed by atoms with E-state index in [1.54, 1.807) is 0 Å². The molecule has 0 spiro atoms. The van der Waals surface area contributed by atoms with Gasteiger partial charge >= 0.3 is 7.82 Å². The standard InChI is InChI=1S/C23H36NO7P/c1-14(25)23(27)20(26)13-19-17-5-4-15-12-16(31-32(28,29)30-11-10-24)6-8-21(15,2)18(17)7-9-22(19,23)3/h4-5,16,18-20,26-27H,6-13,24H2,1-3H3,(H,28,29)/t16?,18-,19-,20?,21-,22-,23+/m0/s1. The number of aliphatic hydroxyl groups is 2. The van der Waals surface area contributed by atoms with Crippen molar-refractivity contribution < 1.29 is 33.5 Å². The monoisotopic (exact) mass is 469 g/mol. The molecule has 0 saturated heterocycles. The zero-order chi connectivity index (χ0) is 23.5. The molecular formula is C23H36NO7P. The third-order valence-electron chi connectivity index (χ3n) is 8.94. The number of phosphoric acid groups is 1. The van der Waals surface area contributed by atoms with E-state index >= 15 is 0 Å². The molecule has 3 saturated carbocycles. The van der Waals surface area contributed by atoms with Crippen LogP contribution in [0, 0.1) is 22.7 Å². The molecule has 0 aromatic rings. The largest absolute Gasteiger partial charge is 0.472 e. The van der Waals surface area contributed by atoms with Gasteiger partial charge in [-0.05, 0) is 62.7 Å². The first-order chi connectivity index (χ1) is 14.9. The van der Waals surface area contributed by atoms with E-state index in [2.05, 4.69) is 19.1 Å². The van der Waals surface area contributed by atoms with Crippen LogP contribution in [0.4, 0.5) is 0 Å². The lowest BCUT2D eigenvalue weighted by Gasteiger charge is -2.55. The van der Waals surface area contributed by atoms with Crippen LogP contribution in [0.3, 0.4) is 0 Å². The molecule has 4 aliphatic rings. The Kier molecular flexibility index (Phi) is 6.16. The van der Waals surface area contributed by atoms with E-state index in [0.29, 0.717) is 25.7 Å². The summed E-state index contributed by atoms with van der Waals surface area (Å²) in [5.74, 6) is -0.177. The summed E-state index contributed by atoms with van der Waals surface area (Å²) in [5.41, 5.74) is 5.21. The number of carbonyl (C=O) groups is 1. The Morgan fingerprint density at radius 2 is 1.97 bits per heavy atom. The average molecular weight is 470 g/mol. The van der Waals surface area contributed by atoms with E-state index < -0.39 is 31.0 Å². The second-order valence-corrected chi connectivity index (χ2v) is 11.9. The fourth-order valence-corrected chi connectivity index (χ4v) is 8.06. The van der Waals surface area contributed by atoms with Crippen LogP contribution in [0.5, 0.6) is 0 Å². The molecule has 8 atom stereocenters. The van der Waals surface area contributed by atoms with Gasteiger partial charge in [-0.3, -0.25) is 13.8 Å². The van der Waals surface area contributed by atoms with Crippen LogP contribution in [-0.2, 0) is 18.4 Å².